The van der Waals surface area contributed by atoms with E-state index in [-0.39, 0.29) is 17.4 Å². The number of nitrogens with one attached hydrogen (secondary N) is 1. The molecular weight excluding hydrogens is 279 g/mol. The topological polar surface area (TPSA) is 42.0 Å². The number of amides is 1. The lowest BCUT2D eigenvalue weighted by Crippen LogP contribution is -2.26. The van der Waals surface area contributed by atoms with Crippen molar-refractivity contribution in [2.24, 2.45) is 0 Å². The minimum atomic E-state index is -0.271. The molecule has 0 fully saturated rings. The third kappa shape index (κ3) is 3.78. The molecule has 0 spiro atoms. The average molecular weight is 293 g/mol. The van der Waals surface area contributed by atoms with Crippen LogP contribution in [0.5, 0.6) is 0 Å². The molecule has 0 saturated heterocycles. The van der Waals surface area contributed by atoms with Crippen molar-refractivity contribution in [3.05, 3.63) is 64.2 Å². The van der Waals surface area contributed by atoms with Crippen LogP contribution in [0.4, 0.5) is 4.39 Å². The van der Waals surface area contributed by atoms with Crippen LogP contribution in [0.1, 0.15) is 21.6 Å². The number of halogens is 2. The SMILES string of the molecule is Cc1cc(F)ccc1CCNC(=O)c1cc(Cl)ccn1. The van der Waals surface area contributed by atoms with Crippen molar-refractivity contribution < 1.29 is 9.18 Å². The fraction of sp³-hybridized carbons (Fsp3) is 0.200. The van der Waals surface area contributed by atoms with Crippen molar-refractivity contribution in [1.82, 2.24) is 10.3 Å². The molecule has 0 unspecified atom stereocenters. The second-order valence-electron chi connectivity index (χ2n) is 4.44. The minimum Gasteiger partial charge on any atom is -0.350 e. The van der Waals surface area contributed by atoms with E-state index in [0.29, 0.717) is 18.0 Å². The van der Waals surface area contributed by atoms with Crippen LogP contribution in [-0.2, 0) is 6.42 Å². The Morgan fingerprint density at radius 1 is 1.35 bits per heavy atom. The van der Waals surface area contributed by atoms with Crippen LogP contribution < -0.4 is 5.32 Å². The van der Waals surface area contributed by atoms with Gasteiger partial charge >= 0.3 is 0 Å². The monoisotopic (exact) mass is 292 g/mol. The van der Waals surface area contributed by atoms with Crippen LogP contribution in [0.2, 0.25) is 5.02 Å². The van der Waals surface area contributed by atoms with Crippen LogP contribution in [-0.4, -0.2) is 17.4 Å². The lowest BCUT2D eigenvalue weighted by Gasteiger charge is -2.07. The normalized spacial score (nSPS) is 10.3. The lowest BCUT2D eigenvalue weighted by atomic mass is 10.1. The van der Waals surface area contributed by atoms with Crippen molar-refractivity contribution >= 4 is 17.5 Å². The average Bonchev–Trinajstić information content (AvgIpc) is 2.41. The fourth-order valence-electron chi connectivity index (χ4n) is 1.87. The summed E-state index contributed by atoms with van der Waals surface area (Å²) in [5.41, 5.74) is 2.17. The third-order valence-corrected chi connectivity index (χ3v) is 3.17. The zero-order chi connectivity index (χ0) is 14.5. The molecule has 5 heteroatoms. The standard InChI is InChI=1S/C15H14ClFN2O/c1-10-8-13(17)3-2-11(10)4-6-19-15(20)14-9-12(16)5-7-18-14/h2-3,5,7-9H,4,6H2,1H3,(H,19,20). The van der Waals surface area contributed by atoms with Crippen molar-refractivity contribution in [3.63, 3.8) is 0 Å². The van der Waals surface area contributed by atoms with Crippen LogP contribution >= 0.6 is 11.6 Å². The first-order valence-corrected chi connectivity index (χ1v) is 6.59. The van der Waals surface area contributed by atoms with E-state index in [9.17, 15) is 9.18 Å². The van der Waals surface area contributed by atoms with E-state index in [4.69, 9.17) is 11.6 Å². The highest BCUT2D eigenvalue weighted by molar-refractivity contribution is 6.30. The summed E-state index contributed by atoms with van der Waals surface area (Å²) in [5.74, 6) is -0.523. The van der Waals surface area contributed by atoms with Gasteiger partial charge < -0.3 is 5.32 Å². The van der Waals surface area contributed by atoms with Crippen LogP contribution in [0, 0.1) is 12.7 Å². The summed E-state index contributed by atoms with van der Waals surface area (Å²) >= 11 is 5.80. The largest absolute Gasteiger partial charge is 0.350 e. The van der Waals surface area contributed by atoms with Gasteiger partial charge in [0.25, 0.3) is 5.91 Å². The highest BCUT2D eigenvalue weighted by Crippen LogP contribution is 2.11. The molecule has 1 aromatic carbocycles. The molecule has 1 amide bonds. The van der Waals surface area contributed by atoms with Gasteiger partial charge in [0.05, 0.1) is 0 Å². The molecule has 0 radical (unpaired) electrons. The van der Waals surface area contributed by atoms with Gasteiger partial charge in [-0.3, -0.25) is 9.78 Å². The van der Waals surface area contributed by atoms with E-state index in [1.54, 1.807) is 12.1 Å². The summed E-state index contributed by atoms with van der Waals surface area (Å²) in [6.07, 6.45) is 2.12. The predicted octanol–water partition coefficient (Wildman–Crippen LogP) is 3.16. The van der Waals surface area contributed by atoms with E-state index in [1.807, 2.05) is 6.92 Å². The van der Waals surface area contributed by atoms with Gasteiger partial charge in [0.15, 0.2) is 0 Å². The Morgan fingerprint density at radius 2 is 2.15 bits per heavy atom. The smallest absolute Gasteiger partial charge is 0.269 e. The number of aryl methyl sites for hydroxylation is 1. The first-order chi connectivity index (χ1) is 9.56. The molecule has 0 aliphatic heterocycles. The maximum atomic E-state index is 13.0. The number of carbonyl (C=O) groups is 1. The van der Waals surface area contributed by atoms with Crippen LogP contribution in [0.15, 0.2) is 36.5 Å². The van der Waals surface area contributed by atoms with Gasteiger partial charge in [-0.2, -0.15) is 0 Å². The molecule has 1 aromatic heterocycles. The van der Waals surface area contributed by atoms with E-state index < -0.39 is 0 Å². The molecule has 3 nitrogen and oxygen atoms in total. The van der Waals surface area contributed by atoms with Crippen molar-refractivity contribution in [2.75, 3.05) is 6.54 Å². The molecule has 20 heavy (non-hydrogen) atoms. The number of nitrogens with zero attached hydrogens (tertiary/aromatic N) is 1. The van der Waals surface area contributed by atoms with Gasteiger partial charge in [-0.15, -0.1) is 0 Å². The summed E-state index contributed by atoms with van der Waals surface area (Å²) in [6, 6.07) is 7.76. The zero-order valence-electron chi connectivity index (χ0n) is 11.0. The fourth-order valence-corrected chi connectivity index (χ4v) is 2.03. The highest BCUT2D eigenvalue weighted by atomic mass is 35.5. The zero-order valence-corrected chi connectivity index (χ0v) is 11.7. The number of carbonyl (C=O) groups excluding carboxylic acids is 1. The van der Waals surface area contributed by atoms with E-state index >= 15 is 0 Å². The van der Waals surface area contributed by atoms with Gasteiger partial charge in [-0.05, 0) is 48.7 Å². The maximum absolute atomic E-state index is 13.0. The van der Waals surface area contributed by atoms with Crippen molar-refractivity contribution in [3.8, 4) is 0 Å². The van der Waals surface area contributed by atoms with E-state index in [2.05, 4.69) is 10.3 Å². The molecule has 0 bridgehead atoms. The molecule has 104 valence electrons. The first-order valence-electron chi connectivity index (χ1n) is 6.21. The second kappa shape index (κ2) is 6.48. The lowest BCUT2D eigenvalue weighted by molar-refractivity contribution is 0.0949. The van der Waals surface area contributed by atoms with Gasteiger partial charge in [0.1, 0.15) is 11.5 Å². The van der Waals surface area contributed by atoms with Gasteiger partial charge in [-0.25, -0.2) is 4.39 Å². The predicted molar refractivity (Wildman–Crippen MR) is 76.4 cm³/mol. The molecular formula is C15H14ClFN2O. The quantitative estimate of drug-likeness (QED) is 0.940. The van der Waals surface area contributed by atoms with Gasteiger partial charge in [0, 0.05) is 17.8 Å². The van der Waals surface area contributed by atoms with Gasteiger partial charge in [0.2, 0.25) is 0 Å². The molecule has 1 heterocycles. The number of hydrogen-bond donors (Lipinski definition) is 1. The number of pyridine rings is 1. The first kappa shape index (κ1) is 14.5. The van der Waals surface area contributed by atoms with Crippen LogP contribution in [0.25, 0.3) is 0 Å². The number of aromatic nitrogens is 1. The second-order valence-corrected chi connectivity index (χ2v) is 4.87. The number of hydrogen-bond acceptors (Lipinski definition) is 2. The molecule has 0 aliphatic rings. The van der Waals surface area contributed by atoms with Gasteiger partial charge in [-0.1, -0.05) is 17.7 Å². The Morgan fingerprint density at radius 3 is 2.85 bits per heavy atom. The van der Waals surface area contributed by atoms with Crippen molar-refractivity contribution in [2.45, 2.75) is 13.3 Å². The van der Waals surface area contributed by atoms with Crippen LogP contribution in [0.3, 0.4) is 0 Å². The molecule has 2 aromatic rings. The summed E-state index contributed by atoms with van der Waals surface area (Å²) in [5, 5.41) is 3.23. The number of benzene rings is 1. The Kier molecular flexibility index (Phi) is 4.69. The molecule has 0 atom stereocenters. The van der Waals surface area contributed by atoms with E-state index in [0.717, 1.165) is 11.1 Å². The third-order valence-electron chi connectivity index (χ3n) is 2.94. The maximum Gasteiger partial charge on any atom is 0.269 e. The molecule has 0 saturated carbocycles. The summed E-state index contributed by atoms with van der Waals surface area (Å²) in [7, 11) is 0. The Bertz CT molecular complexity index is 631. The van der Waals surface area contributed by atoms with Crippen molar-refractivity contribution in [1.29, 1.82) is 0 Å². The Balaban J connectivity index is 1.91. The van der Waals surface area contributed by atoms with E-state index in [1.165, 1.54) is 24.4 Å². The summed E-state index contributed by atoms with van der Waals surface area (Å²) in [6.45, 7) is 2.30. The minimum absolute atomic E-state index is 0.251. The Labute approximate surface area is 121 Å². The molecule has 0 aliphatic carbocycles. The molecule has 1 N–H and O–H groups in total. The summed E-state index contributed by atoms with van der Waals surface area (Å²) < 4.78 is 13.0. The highest BCUT2D eigenvalue weighted by Gasteiger charge is 2.07. The summed E-state index contributed by atoms with van der Waals surface area (Å²) in [4.78, 5) is 15.8. The molecule has 2 rings (SSSR count). The Hall–Kier alpha value is -1.94. The number of rotatable bonds is 4.